The monoisotopic (exact) mass is 394 g/mol. The predicted octanol–water partition coefficient (Wildman–Crippen LogP) is 4.12. The van der Waals surface area contributed by atoms with Crippen LogP contribution in [0.1, 0.15) is 32.8 Å². The summed E-state index contributed by atoms with van der Waals surface area (Å²) in [6.07, 6.45) is 2.59. The van der Waals surface area contributed by atoms with Gasteiger partial charge in [0.2, 0.25) is 0 Å². The van der Waals surface area contributed by atoms with Crippen molar-refractivity contribution in [2.45, 2.75) is 44.1 Å². The summed E-state index contributed by atoms with van der Waals surface area (Å²) < 4.78 is 29.1. The fraction of sp³-hybridized carbons (Fsp3) is 0.524. The average Bonchev–Trinajstić information content (AvgIpc) is 2.61. The van der Waals surface area contributed by atoms with Crippen LogP contribution >= 0.6 is 0 Å². The largest absolute Gasteiger partial charge is 0.511 e. The minimum atomic E-state index is -1.35. The van der Waals surface area contributed by atoms with Gasteiger partial charge < -0.3 is 19.3 Å². The molecular formula is C21H30O5S. The molecule has 0 saturated heterocycles. The third-order valence-electron chi connectivity index (χ3n) is 5.25. The number of hydrogen-bond acceptors (Lipinski definition) is 5. The second-order valence-electron chi connectivity index (χ2n) is 7.45. The van der Waals surface area contributed by atoms with Gasteiger partial charge >= 0.3 is 0 Å². The van der Waals surface area contributed by atoms with Gasteiger partial charge in [-0.1, -0.05) is 23.8 Å². The molecule has 0 spiro atoms. The van der Waals surface area contributed by atoms with E-state index < -0.39 is 22.0 Å². The van der Waals surface area contributed by atoms with Crippen molar-refractivity contribution < 1.29 is 23.5 Å². The van der Waals surface area contributed by atoms with Gasteiger partial charge in [-0.05, 0) is 38.5 Å². The summed E-state index contributed by atoms with van der Waals surface area (Å²) in [5.41, 5.74) is 0.725. The van der Waals surface area contributed by atoms with Crippen molar-refractivity contribution in [3.8, 4) is 5.75 Å². The summed E-state index contributed by atoms with van der Waals surface area (Å²) in [6, 6.07) is 7.41. The average molecular weight is 395 g/mol. The van der Waals surface area contributed by atoms with Gasteiger partial charge in [0.15, 0.2) is 0 Å². The molecule has 0 aromatic heterocycles. The Labute approximate surface area is 164 Å². The molecule has 0 aliphatic heterocycles. The second kappa shape index (κ2) is 8.59. The molecular weight excluding hydrogens is 364 g/mol. The van der Waals surface area contributed by atoms with Crippen molar-refractivity contribution in [1.29, 1.82) is 0 Å². The lowest BCUT2D eigenvalue weighted by atomic mass is 9.70. The van der Waals surface area contributed by atoms with E-state index in [4.69, 9.17) is 14.2 Å². The van der Waals surface area contributed by atoms with E-state index in [1.54, 1.807) is 21.3 Å². The third-order valence-corrected chi connectivity index (χ3v) is 6.37. The van der Waals surface area contributed by atoms with Crippen LogP contribution in [-0.4, -0.2) is 41.8 Å². The maximum atomic E-state index is 12.6. The Kier molecular flexibility index (Phi) is 6.89. The van der Waals surface area contributed by atoms with Crippen LogP contribution in [0.2, 0.25) is 0 Å². The molecule has 150 valence electrons. The molecule has 1 aliphatic rings. The van der Waals surface area contributed by atoms with E-state index in [2.05, 4.69) is 0 Å². The van der Waals surface area contributed by atoms with Crippen molar-refractivity contribution in [2.75, 3.05) is 21.3 Å². The Hall–Kier alpha value is -1.63. The smallest absolute Gasteiger partial charge is 0.118 e. The van der Waals surface area contributed by atoms with Gasteiger partial charge in [-0.3, -0.25) is 4.21 Å². The standard InChI is InChI=1S/C21H30O5S/c1-15-11-20(2,25-5)14-21(3,26-6)19(15)18(22)13-27(23)12-16-7-9-17(24-4)10-8-16/h7-11,13,19,22H,12,14H2,1-6H3/b18-13+. The summed E-state index contributed by atoms with van der Waals surface area (Å²) in [5, 5.41) is 12.2. The highest BCUT2D eigenvalue weighted by Gasteiger charge is 2.47. The fourth-order valence-corrected chi connectivity index (χ4v) is 4.90. The summed E-state index contributed by atoms with van der Waals surface area (Å²) in [7, 11) is 3.55. The molecule has 0 bridgehead atoms. The van der Waals surface area contributed by atoms with E-state index in [0.717, 1.165) is 16.9 Å². The van der Waals surface area contributed by atoms with Crippen LogP contribution in [0.5, 0.6) is 5.75 Å². The van der Waals surface area contributed by atoms with Crippen molar-refractivity contribution >= 4 is 10.8 Å². The normalized spacial score (nSPS) is 29.9. The molecule has 1 N–H and O–H groups in total. The lowest BCUT2D eigenvalue weighted by Crippen LogP contribution is -2.49. The fourth-order valence-electron chi connectivity index (χ4n) is 3.89. The van der Waals surface area contributed by atoms with E-state index in [0.29, 0.717) is 12.2 Å². The van der Waals surface area contributed by atoms with Crippen molar-refractivity contribution in [3.05, 3.63) is 52.6 Å². The first kappa shape index (κ1) is 21.7. The topological polar surface area (TPSA) is 65.0 Å². The number of hydrogen-bond donors (Lipinski definition) is 1. The maximum absolute atomic E-state index is 12.6. The molecule has 0 fully saturated rings. The number of aliphatic hydroxyl groups is 1. The highest BCUT2D eigenvalue weighted by molar-refractivity contribution is 7.87. The summed E-state index contributed by atoms with van der Waals surface area (Å²) >= 11 is 0. The molecule has 0 heterocycles. The molecule has 2 rings (SSSR count). The molecule has 1 aromatic rings. The summed E-state index contributed by atoms with van der Waals surface area (Å²) in [4.78, 5) is 0. The zero-order chi connectivity index (χ0) is 20.2. The van der Waals surface area contributed by atoms with Crippen molar-refractivity contribution in [1.82, 2.24) is 0 Å². The van der Waals surface area contributed by atoms with Gasteiger partial charge in [0.25, 0.3) is 0 Å². The van der Waals surface area contributed by atoms with Crippen LogP contribution in [0.4, 0.5) is 0 Å². The minimum Gasteiger partial charge on any atom is -0.511 e. The van der Waals surface area contributed by atoms with Gasteiger partial charge in [-0.15, -0.1) is 0 Å². The lowest BCUT2D eigenvalue weighted by Gasteiger charge is -2.46. The van der Waals surface area contributed by atoms with Gasteiger partial charge in [0.05, 0.1) is 40.8 Å². The Bertz CT molecular complexity index is 739. The molecule has 1 aliphatic carbocycles. The Balaban J connectivity index is 2.23. The Morgan fingerprint density at radius 1 is 1.22 bits per heavy atom. The van der Waals surface area contributed by atoms with Crippen LogP contribution in [0.15, 0.2) is 47.1 Å². The molecule has 0 saturated carbocycles. The van der Waals surface area contributed by atoms with Crippen molar-refractivity contribution in [2.24, 2.45) is 5.92 Å². The predicted molar refractivity (Wildman–Crippen MR) is 108 cm³/mol. The molecule has 0 amide bonds. The SMILES string of the molecule is COc1ccc(CS(=O)/C=C(/O)C2C(C)=CC(C)(OC)CC2(C)OC)cc1. The highest BCUT2D eigenvalue weighted by atomic mass is 32.2. The minimum absolute atomic E-state index is 0.0677. The second-order valence-corrected chi connectivity index (χ2v) is 8.73. The van der Waals surface area contributed by atoms with Crippen LogP contribution in [-0.2, 0) is 26.0 Å². The van der Waals surface area contributed by atoms with Gasteiger partial charge in [0, 0.05) is 26.0 Å². The molecule has 27 heavy (non-hydrogen) atoms. The molecule has 1 aromatic carbocycles. The van der Waals surface area contributed by atoms with E-state index in [9.17, 15) is 9.32 Å². The van der Waals surface area contributed by atoms with Gasteiger partial charge in [-0.25, -0.2) is 0 Å². The lowest BCUT2D eigenvalue weighted by molar-refractivity contribution is -0.0986. The van der Waals surface area contributed by atoms with Crippen LogP contribution in [0.25, 0.3) is 0 Å². The zero-order valence-electron chi connectivity index (χ0n) is 16.9. The van der Waals surface area contributed by atoms with Crippen LogP contribution in [0, 0.1) is 5.92 Å². The number of methoxy groups -OCH3 is 3. The number of aliphatic hydroxyl groups excluding tert-OH is 1. The first-order chi connectivity index (χ1) is 12.7. The zero-order valence-corrected chi connectivity index (χ0v) is 17.8. The van der Waals surface area contributed by atoms with E-state index >= 15 is 0 Å². The van der Waals surface area contributed by atoms with E-state index in [1.165, 1.54) is 5.41 Å². The number of ether oxygens (including phenoxy) is 3. The molecule has 5 nitrogen and oxygen atoms in total. The molecule has 0 radical (unpaired) electrons. The van der Waals surface area contributed by atoms with Gasteiger partial charge in [-0.2, -0.15) is 0 Å². The van der Waals surface area contributed by atoms with Crippen LogP contribution in [0.3, 0.4) is 0 Å². The van der Waals surface area contributed by atoms with Crippen molar-refractivity contribution in [3.63, 3.8) is 0 Å². The molecule has 4 atom stereocenters. The first-order valence-electron chi connectivity index (χ1n) is 8.87. The Morgan fingerprint density at radius 2 is 1.85 bits per heavy atom. The first-order valence-corrected chi connectivity index (χ1v) is 10.2. The van der Waals surface area contributed by atoms with E-state index in [-0.39, 0.29) is 11.7 Å². The summed E-state index contributed by atoms with van der Waals surface area (Å²) in [5.74, 6) is 0.773. The number of rotatable bonds is 7. The quantitative estimate of drug-likeness (QED) is 0.557. The Morgan fingerprint density at radius 3 is 2.37 bits per heavy atom. The van der Waals surface area contributed by atoms with E-state index in [1.807, 2.05) is 51.1 Å². The third kappa shape index (κ3) is 5.00. The van der Waals surface area contributed by atoms with Gasteiger partial charge in [0.1, 0.15) is 11.5 Å². The maximum Gasteiger partial charge on any atom is 0.118 e. The highest BCUT2D eigenvalue weighted by Crippen LogP contribution is 2.45. The van der Waals surface area contributed by atoms with Crippen LogP contribution < -0.4 is 4.74 Å². The molecule has 6 heteroatoms. The summed E-state index contributed by atoms with van der Waals surface area (Å²) in [6.45, 7) is 5.88. The molecule has 4 unspecified atom stereocenters. The number of benzene rings is 1.